The molecule has 122 valence electrons. The van der Waals surface area contributed by atoms with E-state index in [-0.39, 0.29) is 12.5 Å². The van der Waals surface area contributed by atoms with E-state index in [4.69, 9.17) is 10.5 Å². The van der Waals surface area contributed by atoms with Gasteiger partial charge in [-0.3, -0.25) is 4.79 Å². The number of primary amides is 1. The fourth-order valence-corrected chi connectivity index (χ4v) is 2.92. The van der Waals surface area contributed by atoms with Crippen LogP contribution in [0.2, 0.25) is 0 Å². The van der Waals surface area contributed by atoms with Crippen LogP contribution in [0.25, 0.3) is 0 Å². The number of thioether (sulfide) groups is 1. The molecule has 1 saturated heterocycles. The fraction of sp³-hybridized carbons (Fsp3) is 0.846. The Morgan fingerprint density at radius 2 is 2.24 bits per heavy atom. The van der Waals surface area contributed by atoms with Gasteiger partial charge >= 0.3 is 6.03 Å². The van der Waals surface area contributed by atoms with Crippen molar-refractivity contribution in [2.45, 2.75) is 38.0 Å². The minimum Gasteiger partial charge on any atom is -0.394 e. The maximum absolute atomic E-state index is 12.6. The summed E-state index contributed by atoms with van der Waals surface area (Å²) in [7, 11) is 0. The van der Waals surface area contributed by atoms with Crippen molar-refractivity contribution in [2.24, 2.45) is 5.73 Å². The molecule has 0 spiro atoms. The number of nitrogens with zero attached hydrogens (tertiary/aromatic N) is 1. The number of nitrogens with one attached hydrogen (secondary N) is 1. The van der Waals surface area contributed by atoms with Crippen LogP contribution in [0.3, 0.4) is 0 Å². The van der Waals surface area contributed by atoms with Crippen LogP contribution in [-0.4, -0.2) is 71.4 Å². The SMILES string of the molecule is CSCCC(NC(N)=O)C(=O)N1CC(CO)OC(C)(C)C1. The van der Waals surface area contributed by atoms with E-state index in [2.05, 4.69) is 5.32 Å². The third kappa shape index (κ3) is 5.72. The van der Waals surface area contributed by atoms with Crippen molar-refractivity contribution in [1.29, 1.82) is 0 Å². The van der Waals surface area contributed by atoms with Crippen molar-refractivity contribution in [3.8, 4) is 0 Å². The third-order valence-corrected chi connectivity index (χ3v) is 3.87. The Morgan fingerprint density at radius 1 is 1.57 bits per heavy atom. The number of ether oxygens (including phenoxy) is 1. The van der Waals surface area contributed by atoms with Gasteiger partial charge in [-0.1, -0.05) is 0 Å². The lowest BCUT2D eigenvalue weighted by Gasteiger charge is -2.43. The minimum atomic E-state index is -0.708. The lowest BCUT2D eigenvalue weighted by molar-refractivity contribution is -0.168. The van der Waals surface area contributed by atoms with Crippen molar-refractivity contribution in [3.63, 3.8) is 0 Å². The van der Waals surface area contributed by atoms with Gasteiger partial charge < -0.3 is 25.8 Å². The van der Waals surface area contributed by atoms with Gasteiger partial charge in [-0.05, 0) is 32.3 Å². The lowest BCUT2D eigenvalue weighted by Crippen LogP contribution is -2.60. The summed E-state index contributed by atoms with van der Waals surface area (Å²) in [5.74, 6) is 0.561. The molecule has 7 nitrogen and oxygen atoms in total. The number of carbonyl (C=O) groups is 2. The van der Waals surface area contributed by atoms with Crippen molar-refractivity contribution in [2.75, 3.05) is 31.7 Å². The molecule has 1 rings (SSSR count). The largest absolute Gasteiger partial charge is 0.394 e. The summed E-state index contributed by atoms with van der Waals surface area (Å²) in [4.78, 5) is 25.3. The van der Waals surface area contributed by atoms with Gasteiger partial charge in [-0.15, -0.1) is 0 Å². The molecule has 0 radical (unpaired) electrons. The van der Waals surface area contributed by atoms with E-state index < -0.39 is 23.8 Å². The van der Waals surface area contributed by atoms with E-state index in [9.17, 15) is 14.7 Å². The zero-order valence-corrected chi connectivity index (χ0v) is 13.6. The second kappa shape index (κ2) is 7.86. The van der Waals surface area contributed by atoms with Crippen LogP contribution in [0.5, 0.6) is 0 Å². The second-order valence-electron chi connectivity index (χ2n) is 5.74. The number of aliphatic hydroxyl groups is 1. The highest BCUT2D eigenvalue weighted by Gasteiger charge is 2.37. The molecule has 2 atom stereocenters. The number of amides is 3. The predicted octanol–water partition coefficient (Wildman–Crippen LogP) is -0.225. The van der Waals surface area contributed by atoms with Crippen molar-refractivity contribution in [1.82, 2.24) is 10.2 Å². The van der Waals surface area contributed by atoms with E-state index in [1.807, 2.05) is 20.1 Å². The average molecular weight is 319 g/mol. The highest BCUT2D eigenvalue weighted by atomic mass is 32.2. The second-order valence-corrected chi connectivity index (χ2v) is 6.73. The molecule has 21 heavy (non-hydrogen) atoms. The minimum absolute atomic E-state index is 0.147. The highest BCUT2D eigenvalue weighted by molar-refractivity contribution is 7.98. The fourth-order valence-electron chi connectivity index (χ4n) is 2.44. The maximum Gasteiger partial charge on any atom is 0.312 e. The molecule has 2 unspecified atom stereocenters. The van der Waals surface area contributed by atoms with E-state index >= 15 is 0 Å². The molecule has 0 aromatic rings. The number of carbonyl (C=O) groups excluding carboxylic acids is 2. The van der Waals surface area contributed by atoms with Crippen molar-refractivity contribution < 1.29 is 19.4 Å². The molecular weight excluding hydrogens is 294 g/mol. The van der Waals surface area contributed by atoms with Crippen molar-refractivity contribution >= 4 is 23.7 Å². The molecule has 1 aliphatic heterocycles. The molecule has 0 saturated carbocycles. The summed E-state index contributed by atoms with van der Waals surface area (Å²) in [6.45, 7) is 4.32. The number of aliphatic hydroxyl groups excluding tert-OH is 1. The first-order chi connectivity index (χ1) is 9.79. The Kier molecular flexibility index (Phi) is 6.76. The summed E-state index contributed by atoms with van der Waals surface area (Å²) in [5, 5.41) is 11.8. The molecule has 1 fully saturated rings. The standard InChI is InChI=1S/C13H25N3O4S/c1-13(2)8-16(6-9(7-17)20-13)11(18)10(4-5-21-3)15-12(14)19/h9-10,17H,4-8H2,1-3H3,(H3,14,15,19). The van der Waals surface area contributed by atoms with E-state index in [1.54, 1.807) is 16.7 Å². The third-order valence-electron chi connectivity index (χ3n) is 3.22. The van der Waals surface area contributed by atoms with Gasteiger partial charge in [0.15, 0.2) is 0 Å². The molecule has 3 amide bonds. The summed E-state index contributed by atoms with van der Waals surface area (Å²) < 4.78 is 5.69. The van der Waals surface area contributed by atoms with E-state index in [0.717, 1.165) is 5.75 Å². The van der Waals surface area contributed by atoms with Gasteiger partial charge in [-0.25, -0.2) is 4.79 Å². The van der Waals surface area contributed by atoms with Crippen LogP contribution < -0.4 is 11.1 Å². The number of morpholine rings is 1. The first kappa shape index (κ1) is 18.1. The number of hydrogen-bond acceptors (Lipinski definition) is 5. The summed E-state index contributed by atoms with van der Waals surface area (Å²) in [6.07, 6.45) is 2.04. The Balaban J connectivity index is 2.78. The molecule has 0 aromatic carbocycles. The molecule has 0 aliphatic carbocycles. The molecule has 1 heterocycles. The Hall–Kier alpha value is -0.990. The average Bonchev–Trinajstić information content (AvgIpc) is 2.40. The molecule has 8 heteroatoms. The quantitative estimate of drug-likeness (QED) is 0.627. The summed E-state index contributed by atoms with van der Waals surface area (Å²) in [6, 6.07) is -1.34. The zero-order chi connectivity index (χ0) is 16.0. The van der Waals surface area contributed by atoms with Gasteiger partial charge in [0.2, 0.25) is 5.91 Å². The van der Waals surface area contributed by atoms with Gasteiger partial charge in [0, 0.05) is 13.1 Å². The first-order valence-electron chi connectivity index (χ1n) is 6.91. The monoisotopic (exact) mass is 319 g/mol. The number of urea groups is 1. The van der Waals surface area contributed by atoms with Gasteiger partial charge in [-0.2, -0.15) is 11.8 Å². The summed E-state index contributed by atoms with van der Waals surface area (Å²) in [5.41, 5.74) is 4.62. The maximum atomic E-state index is 12.6. The lowest BCUT2D eigenvalue weighted by atomic mass is 10.0. The smallest absolute Gasteiger partial charge is 0.312 e. The Labute approximate surface area is 129 Å². The van der Waals surface area contributed by atoms with Crippen LogP contribution in [0, 0.1) is 0 Å². The molecule has 4 N–H and O–H groups in total. The highest BCUT2D eigenvalue weighted by Crippen LogP contribution is 2.22. The zero-order valence-electron chi connectivity index (χ0n) is 12.8. The normalized spacial score (nSPS) is 22.7. The van der Waals surface area contributed by atoms with Crippen LogP contribution in [0.4, 0.5) is 4.79 Å². The predicted molar refractivity (Wildman–Crippen MR) is 82.1 cm³/mol. The van der Waals surface area contributed by atoms with Crippen LogP contribution in [0.15, 0.2) is 0 Å². The molecule has 1 aliphatic rings. The summed E-state index contributed by atoms with van der Waals surface area (Å²) >= 11 is 1.60. The van der Waals surface area contributed by atoms with Gasteiger partial charge in [0.05, 0.1) is 18.3 Å². The van der Waals surface area contributed by atoms with Gasteiger partial charge in [0.1, 0.15) is 6.04 Å². The first-order valence-corrected chi connectivity index (χ1v) is 8.31. The number of hydrogen-bond donors (Lipinski definition) is 3. The Morgan fingerprint density at radius 3 is 2.76 bits per heavy atom. The number of nitrogens with two attached hydrogens (primary N) is 1. The molecule has 0 aromatic heterocycles. The van der Waals surface area contributed by atoms with Crippen LogP contribution in [-0.2, 0) is 9.53 Å². The Bertz CT molecular complexity index is 378. The van der Waals surface area contributed by atoms with Crippen LogP contribution >= 0.6 is 11.8 Å². The molecule has 0 bridgehead atoms. The van der Waals surface area contributed by atoms with Crippen molar-refractivity contribution in [3.05, 3.63) is 0 Å². The van der Waals surface area contributed by atoms with E-state index in [0.29, 0.717) is 19.5 Å². The molecular formula is C13H25N3O4S. The number of rotatable bonds is 6. The van der Waals surface area contributed by atoms with Crippen LogP contribution in [0.1, 0.15) is 20.3 Å². The van der Waals surface area contributed by atoms with E-state index in [1.165, 1.54) is 0 Å². The van der Waals surface area contributed by atoms with Gasteiger partial charge in [0.25, 0.3) is 0 Å². The topological polar surface area (TPSA) is 105 Å².